The van der Waals surface area contributed by atoms with Crippen LogP contribution in [0.3, 0.4) is 0 Å². The highest BCUT2D eigenvalue weighted by Crippen LogP contribution is 2.40. The highest BCUT2D eigenvalue weighted by molar-refractivity contribution is 7.46. The predicted molar refractivity (Wildman–Crippen MR) is 55.7 cm³/mol. The molecule has 0 amide bonds. The van der Waals surface area contributed by atoms with Gasteiger partial charge in [0.25, 0.3) is 0 Å². The molecular formula is C8H18NO6P. The summed E-state index contributed by atoms with van der Waals surface area (Å²) in [5, 5.41) is 17.8. The van der Waals surface area contributed by atoms with E-state index in [1.807, 2.05) is 4.90 Å². The molecule has 2 unspecified atom stereocenters. The molecule has 0 radical (unpaired) electrons. The van der Waals surface area contributed by atoms with Crippen LogP contribution in [-0.4, -0.2) is 63.3 Å². The molecule has 8 heteroatoms. The molecule has 0 bridgehead atoms. The van der Waals surface area contributed by atoms with E-state index in [1.54, 1.807) is 0 Å². The van der Waals surface area contributed by atoms with E-state index in [4.69, 9.17) is 20.0 Å². The van der Waals surface area contributed by atoms with E-state index >= 15 is 0 Å². The van der Waals surface area contributed by atoms with Gasteiger partial charge in [0, 0.05) is 25.7 Å². The average Bonchev–Trinajstić information content (AvgIpc) is 2.54. The Balaban J connectivity index is 2.46. The fourth-order valence-electron chi connectivity index (χ4n) is 1.95. The largest absolute Gasteiger partial charge is 0.469 e. The summed E-state index contributed by atoms with van der Waals surface area (Å²) in [4.78, 5) is 19.2. The SMILES string of the molecule is O=P(O)(O)OC1CC(CO)N(CCCO)C1. The minimum absolute atomic E-state index is 0.0542. The van der Waals surface area contributed by atoms with Crippen molar-refractivity contribution in [1.82, 2.24) is 4.90 Å². The van der Waals surface area contributed by atoms with Gasteiger partial charge in [-0.2, -0.15) is 0 Å². The maximum absolute atomic E-state index is 10.7. The summed E-state index contributed by atoms with van der Waals surface area (Å²) in [6.07, 6.45) is 0.406. The molecular weight excluding hydrogens is 237 g/mol. The van der Waals surface area contributed by atoms with Crippen LogP contribution in [0.15, 0.2) is 0 Å². The summed E-state index contributed by atoms with van der Waals surface area (Å²) in [6.45, 7) is 0.935. The summed E-state index contributed by atoms with van der Waals surface area (Å²) >= 11 is 0. The van der Waals surface area contributed by atoms with Crippen molar-refractivity contribution in [2.24, 2.45) is 0 Å². The summed E-state index contributed by atoms with van der Waals surface area (Å²) in [6, 6.07) is -0.150. The van der Waals surface area contributed by atoms with Crippen LogP contribution in [0.2, 0.25) is 0 Å². The van der Waals surface area contributed by atoms with E-state index in [-0.39, 0.29) is 19.3 Å². The van der Waals surface area contributed by atoms with E-state index in [2.05, 4.69) is 4.52 Å². The van der Waals surface area contributed by atoms with Crippen LogP contribution in [0, 0.1) is 0 Å². The van der Waals surface area contributed by atoms with Crippen molar-refractivity contribution in [3.05, 3.63) is 0 Å². The Morgan fingerprint density at radius 1 is 1.38 bits per heavy atom. The number of aliphatic hydroxyl groups excluding tert-OH is 2. The van der Waals surface area contributed by atoms with Crippen LogP contribution in [0.4, 0.5) is 0 Å². The van der Waals surface area contributed by atoms with Crippen molar-refractivity contribution in [2.75, 3.05) is 26.3 Å². The zero-order valence-corrected chi connectivity index (χ0v) is 9.79. The molecule has 4 N–H and O–H groups in total. The Hall–Kier alpha value is -0.0100. The van der Waals surface area contributed by atoms with Crippen LogP contribution in [0.25, 0.3) is 0 Å². The number of nitrogens with zero attached hydrogens (tertiary/aromatic N) is 1. The Bertz CT molecular complexity index is 257. The van der Waals surface area contributed by atoms with Crippen molar-refractivity contribution >= 4 is 7.82 Å². The van der Waals surface area contributed by atoms with E-state index < -0.39 is 13.9 Å². The summed E-state index contributed by atoms with van der Waals surface area (Å²) in [5.74, 6) is 0. The number of aliphatic hydroxyl groups is 2. The average molecular weight is 255 g/mol. The molecule has 1 aliphatic rings. The van der Waals surface area contributed by atoms with Crippen molar-refractivity contribution < 1.29 is 29.1 Å². The van der Waals surface area contributed by atoms with Crippen LogP contribution in [0.5, 0.6) is 0 Å². The predicted octanol–water partition coefficient (Wildman–Crippen LogP) is -1.09. The molecule has 0 aromatic carbocycles. The molecule has 16 heavy (non-hydrogen) atoms. The summed E-state index contributed by atoms with van der Waals surface area (Å²) < 4.78 is 15.2. The van der Waals surface area contributed by atoms with Gasteiger partial charge in [0.15, 0.2) is 0 Å². The minimum atomic E-state index is -4.46. The number of likely N-dealkylation sites (tertiary alicyclic amines) is 1. The molecule has 0 aromatic heterocycles. The highest BCUT2D eigenvalue weighted by atomic mass is 31.2. The Kier molecular flexibility index (Phi) is 5.33. The normalized spacial score (nSPS) is 27.5. The van der Waals surface area contributed by atoms with Crippen molar-refractivity contribution in [3.8, 4) is 0 Å². The van der Waals surface area contributed by atoms with Gasteiger partial charge in [-0.25, -0.2) is 4.57 Å². The molecule has 1 rings (SSSR count). The number of hydrogen-bond acceptors (Lipinski definition) is 5. The molecule has 96 valence electrons. The number of phosphoric ester groups is 1. The second-order valence-corrected chi connectivity index (χ2v) is 5.05. The lowest BCUT2D eigenvalue weighted by Gasteiger charge is -2.21. The van der Waals surface area contributed by atoms with Crippen molar-refractivity contribution in [3.63, 3.8) is 0 Å². The molecule has 0 saturated carbocycles. The molecule has 0 aliphatic carbocycles. The second kappa shape index (κ2) is 6.07. The van der Waals surface area contributed by atoms with E-state index in [9.17, 15) is 4.57 Å². The Labute approximate surface area is 93.9 Å². The molecule has 0 aromatic rings. The first-order valence-electron chi connectivity index (χ1n) is 5.16. The smallest absolute Gasteiger partial charge is 0.396 e. The number of rotatable bonds is 6. The topological polar surface area (TPSA) is 110 Å². The third kappa shape index (κ3) is 4.47. The van der Waals surface area contributed by atoms with Gasteiger partial charge in [0.05, 0.1) is 12.7 Å². The fraction of sp³-hybridized carbons (Fsp3) is 1.00. The first kappa shape index (κ1) is 14.1. The van der Waals surface area contributed by atoms with Crippen LogP contribution in [-0.2, 0) is 9.09 Å². The quantitative estimate of drug-likeness (QED) is 0.446. The van der Waals surface area contributed by atoms with Crippen molar-refractivity contribution in [2.45, 2.75) is 25.0 Å². The third-order valence-corrected chi connectivity index (χ3v) is 3.16. The zero-order valence-electron chi connectivity index (χ0n) is 8.90. The zero-order chi connectivity index (χ0) is 12.2. The Morgan fingerprint density at radius 3 is 2.56 bits per heavy atom. The standard InChI is InChI=1S/C8H18NO6P/c10-3-1-2-9-5-8(4-7(9)6-11)15-16(12,13)14/h7-8,10-11H,1-6H2,(H2,12,13,14). The molecule has 2 atom stereocenters. The monoisotopic (exact) mass is 255 g/mol. The summed E-state index contributed by atoms with van der Waals surface area (Å²) in [5.41, 5.74) is 0. The van der Waals surface area contributed by atoms with E-state index in [0.29, 0.717) is 25.9 Å². The van der Waals surface area contributed by atoms with Crippen LogP contribution < -0.4 is 0 Å². The molecule has 1 aliphatic heterocycles. The third-order valence-electron chi connectivity index (χ3n) is 2.59. The fourth-order valence-corrected chi connectivity index (χ4v) is 2.49. The van der Waals surface area contributed by atoms with Gasteiger partial charge in [-0.3, -0.25) is 9.42 Å². The van der Waals surface area contributed by atoms with Gasteiger partial charge >= 0.3 is 7.82 Å². The maximum atomic E-state index is 10.7. The lowest BCUT2D eigenvalue weighted by Crippen LogP contribution is -2.33. The first-order chi connectivity index (χ1) is 7.46. The lowest BCUT2D eigenvalue weighted by molar-refractivity contribution is 0.131. The van der Waals surface area contributed by atoms with Gasteiger partial charge in [-0.05, 0) is 12.8 Å². The van der Waals surface area contributed by atoms with Crippen LogP contribution >= 0.6 is 7.82 Å². The molecule has 1 heterocycles. The van der Waals surface area contributed by atoms with Gasteiger partial charge < -0.3 is 20.0 Å². The van der Waals surface area contributed by atoms with E-state index in [1.165, 1.54) is 0 Å². The van der Waals surface area contributed by atoms with Crippen LogP contribution in [0.1, 0.15) is 12.8 Å². The van der Waals surface area contributed by atoms with E-state index in [0.717, 1.165) is 0 Å². The first-order valence-corrected chi connectivity index (χ1v) is 6.69. The van der Waals surface area contributed by atoms with Gasteiger partial charge in [-0.15, -0.1) is 0 Å². The molecule has 7 nitrogen and oxygen atoms in total. The van der Waals surface area contributed by atoms with Gasteiger partial charge in [0.1, 0.15) is 0 Å². The number of phosphoric acid groups is 1. The molecule has 1 fully saturated rings. The lowest BCUT2D eigenvalue weighted by atomic mass is 10.2. The van der Waals surface area contributed by atoms with Gasteiger partial charge in [-0.1, -0.05) is 0 Å². The number of hydrogen-bond donors (Lipinski definition) is 4. The maximum Gasteiger partial charge on any atom is 0.469 e. The van der Waals surface area contributed by atoms with Gasteiger partial charge in [0.2, 0.25) is 0 Å². The second-order valence-electron chi connectivity index (χ2n) is 3.86. The summed E-state index contributed by atoms with van der Waals surface area (Å²) in [7, 11) is -4.46. The molecule has 0 spiro atoms. The minimum Gasteiger partial charge on any atom is -0.396 e. The Morgan fingerprint density at radius 2 is 2.06 bits per heavy atom. The van der Waals surface area contributed by atoms with Crippen molar-refractivity contribution in [1.29, 1.82) is 0 Å². The highest BCUT2D eigenvalue weighted by Gasteiger charge is 2.35. The molecule has 1 saturated heterocycles.